The Labute approximate surface area is 198 Å². The molecule has 0 aliphatic carbocycles. The van der Waals surface area contributed by atoms with E-state index in [0.717, 1.165) is 0 Å². The Morgan fingerprint density at radius 3 is 2.36 bits per heavy atom. The largest absolute Gasteiger partial charge is 0.493 e. The van der Waals surface area contributed by atoms with Crippen LogP contribution in [0.4, 0.5) is 0 Å². The van der Waals surface area contributed by atoms with Crippen LogP contribution in [-0.4, -0.2) is 37.4 Å². The highest BCUT2D eigenvalue weighted by Gasteiger charge is 2.17. The van der Waals surface area contributed by atoms with Gasteiger partial charge in [-0.3, -0.25) is 4.79 Å². The SMILES string of the molecule is COc1ccc(C(=O)Oc2ccc(Br)cc2/C=N/NC(=O)C(O)c2ccccc2)cc1OC. The summed E-state index contributed by atoms with van der Waals surface area (Å²) in [6.07, 6.45) is -0.0503. The van der Waals surface area contributed by atoms with Crippen molar-refractivity contribution in [3.8, 4) is 17.2 Å². The molecule has 170 valence electrons. The number of ether oxygens (including phenoxy) is 3. The van der Waals surface area contributed by atoms with E-state index in [-0.39, 0.29) is 11.3 Å². The van der Waals surface area contributed by atoms with Crippen LogP contribution < -0.4 is 19.6 Å². The maximum absolute atomic E-state index is 12.7. The molecule has 1 amide bonds. The molecule has 3 rings (SSSR count). The van der Waals surface area contributed by atoms with Crippen LogP contribution in [0.25, 0.3) is 0 Å². The molecule has 1 unspecified atom stereocenters. The second-order valence-electron chi connectivity index (χ2n) is 6.69. The predicted molar refractivity (Wildman–Crippen MR) is 126 cm³/mol. The highest BCUT2D eigenvalue weighted by molar-refractivity contribution is 9.10. The van der Waals surface area contributed by atoms with Gasteiger partial charge in [-0.05, 0) is 42.0 Å². The molecule has 0 saturated carbocycles. The van der Waals surface area contributed by atoms with Gasteiger partial charge in [-0.2, -0.15) is 5.10 Å². The van der Waals surface area contributed by atoms with Crippen molar-refractivity contribution in [1.29, 1.82) is 0 Å². The lowest BCUT2D eigenvalue weighted by Gasteiger charge is -2.11. The minimum absolute atomic E-state index is 0.222. The Morgan fingerprint density at radius 2 is 1.67 bits per heavy atom. The van der Waals surface area contributed by atoms with E-state index in [0.29, 0.717) is 27.1 Å². The smallest absolute Gasteiger partial charge is 0.343 e. The van der Waals surface area contributed by atoms with E-state index in [4.69, 9.17) is 14.2 Å². The van der Waals surface area contributed by atoms with E-state index in [9.17, 15) is 14.7 Å². The van der Waals surface area contributed by atoms with Gasteiger partial charge in [0, 0.05) is 10.0 Å². The Hall–Kier alpha value is -3.69. The number of hydrogen-bond donors (Lipinski definition) is 2. The zero-order valence-electron chi connectivity index (χ0n) is 17.8. The van der Waals surface area contributed by atoms with Crippen molar-refractivity contribution in [2.24, 2.45) is 5.10 Å². The van der Waals surface area contributed by atoms with Crippen molar-refractivity contribution in [3.05, 3.63) is 87.9 Å². The van der Waals surface area contributed by atoms with E-state index in [1.165, 1.54) is 26.5 Å². The lowest BCUT2D eigenvalue weighted by atomic mass is 10.1. The molecule has 0 bridgehead atoms. The summed E-state index contributed by atoms with van der Waals surface area (Å²) in [6.45, 7) is 0. The zero-order chi connectivity index (χ0) is 23.8. The quantitative estimate of drug-likeness (QED) is 0.205. The minimum Gasteiger partial charge on any atom is -0.493 e. The number of methoxy groups -OCH3 is 2. The molecule has 0 fully saturated rings. The van der Waals surface area contributed by atoms with Crippen molar-refractivity contribution in [2.75, 3.05) is 14.2 Å². The molecule has 0 aromatic heterocycles. The molecule has 0 radical (unpaired) electrons. The first kappa shape index (κ1) is 24.0. The maximum atomic E-state index is 12.7. The monoisotopic (exact) mass is 512 g/mol. The number of rotatable bonds is 8. The average molecular weight is 513 g/mol. The van der Waals surface area contributed by atoms with Gasteiger partial charge >= 0.3 is 5.97 Å². The average Bonchev–Trinajstić information content (AvgIpc) is 2.84. The van der Waals surface area contributed by atoms with Gasteiger partial charge in [-0.25, -0.2) is 10.2 Å². The third-order valence-corrected chi connectivity index (χ3v) is 5.03. The van der Waals surface area contributed by atoms with Crippen molar-refractivity contribution in [3.63, 3.8) is 0 Å². The van der Waals surface area contributed by atoms with Crippen LogP contribution in [0, 0.1) is 0 Å². The van der Waals surface area contributed by atoms with Crippen molar-refractivity contribution in [2.45, 2.75) is 6.10 Å². The number of esters is 1. The first-order valence-corrected chi connectivity index (χ1v) is 10.5. The summed E-state index contributed by atoms with van der Waals surface area (Å²) < 4.78 is 16.6. The number of aliphatic hydroxyl groups is 1. The zero-order valence-corrected chi connectivity index (χ0v) is 19.4. The van der Waals surface area contributed by atoms with E-state index in [1.807, 2.05) is 0 Å². The maximum Gasteiger partial charge on any atom is 0.343 e. The van der Waals surface area contributed by atoms with Crippen LogP contribution in [0.3, 0.4) is 0 Å². The molecule has 1 atom stereocenters. The highest BCUT2D eigenvalue weighted by Crippen LogP contribution is 2.29. The summed E-state index contributed by atoms with van der Waals surface area (Å²) >= 11 is 3.36. The minimum atomic E-state index is -1.37. The molecule has 3 aromatic rings. The standard InChI is InChI=1S/C24H21BrN2O6/c1-31-20-10-8-16(13-21(20)32-2)24(30)33-19-11-9-18(25)12-17(19)14-26-27-23(29)22(28)15-6-4-3-5-7-15/h3-14,22,28H,1-2H3,(H,27,29)/b26-14+. The number of hydrazone groups is 1. The number of halogens is 1. The van der Waals surface area contributed by atoms with Gasteiger partial charge in [0.05, 0.1) is 26.0 Å². The molecule has 0 aliphatic heterocycles. The number of benzene rings is 3. The Bertz CT molecular complexity index is 1170. The summed E-state index contributed by atoms with van der Waals surface area (Å²) in [6, 6.07) is 18.1. The number of carbonyl (C=O) groups is 2. The van der Waals surface area contributed by atoms with Gasteiger partial charge in [0.1, 0.15) is 5.75 Å². The van der Waals surface area contributed by atoms with Crippen LogP contribution in [0.5, 0.6) is 17.2 Å². The lowest BCUT2D eigenvalue weighted by molar-refractivity contribution is -0.129. The van der Waals surface area contributed by atoms with E-state index in [2.05, 4.69) is 26.5 Å². The molecule has 0 saturated heterocycles. The van der Waals surface area contributed by atoms with Gasteiger partial charge in [-0.15, -0.1) is 0 Å². The van der Waals surface area contributed by atoms with Gasteiger partial charge in [-0.1, -0.05) is 46.3 Å². The fourth-order valence-corrected chi connectivity index (χ4v) is 3.23. The van der Waals surface area contributed by atoms with Crippen LogP contribution in [0.2, 0.25) is 0 Å². The Morgan fingerprint density at radius 1 is 0.970 bits per heavy atom. The van der Waals surface area contributed by atoms with Crippen LogP contribution in [0.1, 0.15) is 27.6 Å². The summed E-state index contributed by atoms with van der Waals surface area (Å²) in [5, 5.41) is 14.0. The van der Waals surface area contributed by atoms with Crippen LogP contribution >= 0.6 is 15.9 Å². The summed E-state index contributed by atoms with van der Waals surface area (Å²) in [5.74, 6) is -0.212. The van der Waals surface area contributed by atoms with Crippen molar-refractivity contribution in [1.82, 2.24) is 5.43 Å². The lowest BCUT2D eigenvalue weighted by Crippen LogP contribution is -2.25. The molecule has 9 heteroatoms. The molecular formula is C24H21BrN2O6. The van der Waals surface area contributed by atoms with Gasteiger partial charge < -0.3 is 19.3 Å². The van der Waals surface area contributed by atoms with Gasteiger partial charge in [0.15, 0.2) is 17.6 Å². The second-order valence-corrected chi connectivity index (χ2v) is 7.60. The number of hydrogen-bond acceptors (Lipinski definition) is 7. The van der Waals surface area contributed by atoms with E-state index < -0.39 is 18.0 Å². The first-order valence-electron chi connectivity index (χ1n) is 9.72. The van der Waals surface area contributed by atoms with E-state index >= 15 is 0 Å². The number of amides is 1. The fourth-order valence-electron chi connectivity index (χ4n) is 2.85. The normalized spacial score (nSPS) is 11.6. The summed E-state index contributed by atoms with van der Waals surface area (Å²) in [4.78, 5) is 24.8. The third-order valence-electron chi connectivity index (χ3n) is 4.54. The third kappa shape index (κ3) is 6.18. The number of nitrogens with zero attached hydrogens (tertiary/aromatic N) is 1. The Kier molecular flexibility index (Phi) is 8.17. The highest BCUT2D eigenvalue weighted by atomic mass is 79.9. The topological polar surface area (TPSA) is 106 Å². The number of nitrogens with one attached hydrogen (secondary N) is 1. The molecular weight excluding hydrogens is 492 g/mol. The molecule has 0 heterocycles. The molecule has 2 N–H and O–H groups in total. The molecule has 0 aliphatic rings. The molecule has 8 nitrogen and oxygen atoms in total. The fraction of sp³-hybridized carbons (Fsp3) is 0.125. The van der Waals surface area contributed by atoms with Crippen molar-refractivity contribution >= 4 is 34.0 Å². The molecule has 33 heavy (non-hydrogen) atoms. The molecule has 0 spiro atoms. The predicted octanol–water partition coefficient (Wildman–Crippen LogP) is 3.87. The van der Waals surface area contributed by atoms with Crippen molar-refractivity contribution < 1.29 is 28.9 Å². The Balaban J connectivity index is 1.74. The first-order chi connectivity index (χ1) is 15.9. The van der Waals surface area contributed by atoms with Crippen LogP contribution in [-0.2, 0) is 4.79 Å². The number of aliphatic hydroxyl groups excluding tert-OH is 1. The molecule has 3 aromatic carbocycles. The van der Waals surface area contributed by atoms with Gasteiger partial charge in [0.2, 0.25) is 0 Å². The second kappa shape index (κ2) is 11.3. The van der Waals surface area contributed by atoms with Gasteiger partial charge in [0.25, 0.3) is 5.91 Å². The number of carbonyl (C=O) groups excluding carboxylic acids is 2. The van der Waals surface area contributed by atoms with E-state index in [1.54, 1.807) is 60.7 Å². The summed E-state index contributed by atoms with van der Waals surface area (Å²) in [5.41, 5.74) is 3.41. The summed E-state index contributed by atoms with van der Waals surface area (Å²) in [7, 11) is 2.97. The van der Waals surface area contributed by atoms with Crippen LogP contribution in [0.15, 0.2) is 76.3 Å².